The Kier molecular flexibility index (Phi) is 2.51. The summed E-state index contributed by atoms with van der Waals surface area (Å²) in [5, 5.41) is 10.5. The highest BCUT2D eigenvalue weighted by Gasteiger charge is 2.54. The first-order valence-corrected chi connectivity index (χ1v) is 5.84. The average Bonchev–Trinajstić information content (AvgIpc) is 2.27. The van der Waals surface area contributed by atoms with Crippen molar-refractivity contribution in [3.05, 3.63) is 47.0 Å². The second-order valence-electron chi connectivity index (χ2n) is 5.66. The van der Waals surface area contributed by atoms with Crippen LogP contribution in [0.15, 0.2) is 41.5 Å². The molecular formula is C15H18O2. The highest BCUT2D eigenvalue weighted by molar-refractivity contribution is 6.13. The molecule has 0 amide bonds. The van der Waals surface area contributed by atoms with Gasteiger partial charge in [-0.25, -0.2) is 0 Å². The lowest BCUT2D eigenvalue weighted by atomic mass is 9.61. The smallest absolute Gasteiger partial charge is 0.199 e. The Balaban J connectivity index is 2.53. The van der Waals surface area contributed by atoms with Crippen molar-refractivity contribution in [3.63, 3.8) is 0 Å². The van der Waals surface area contributed by atoms with Gasteiger partial charge in [0.2, 0.25) is 0 Å². The predicted molar refractivity (Wildman–Crippen MR) is 67.5 cm³/mol. The van der Waals surface area contributed by atoms with Crippen molar-refractivity contribution in [3.8, 4) is 0 Å². The zero-order valence-electron chi connectivity index (χ0n) is 10.7. The van der Waals surface area contributed by atoms with Crippen molar-refractivity contribution in [2.24, 2.45) is 5.41 Å². The Morgan fingerprint density at radius 3 is 2.06 bits per heavy atom. The molecule has 2 nitrogen and oxygen atoms in total. The van der Waals surface area contributed by atoms with Crippen LogP contribution in [-0.4, -0.2) is 10.9 Å². The summed E-state index contributed by atoms with van der Waals surface area (Å²) in [6.45, 7) is 7.83. The Hall–Kier alpha value is -1.41. The molecule has 2 heteroatoms. The van der Waals surface area contributed by atoms with E-state index in [0.29, 0.717) is 5.56 Å². The third-order valence-corrected chi connectivity index (χ3v) is 3.41. The van der Waals surface area contributed by atoms with Crippen LogP contribution in [0.25, 0.3) is 0 Å². The van der Waals surface area contributed by atoms with E-state index in [-0.39, 0.29) is 11.2 Å². The van der Waals surface area contributed by atoms with Crippen molar-refractivity contribution in [2.45, 2.75) is 33.3 Å². The van der Waals surface area contributed by atoms with E-state index in [1.165, 1.54) is 0 Å². The predicted octanol–water partition coefficient (Wildman–Crippen LogP) is 2.82. The molecule has 0 fully saturated rings. The minimum absolute atomic E-state index is 0.159. The van der Waals surface area contributed by atoms with Crippen molar-refractivity contribution < 1.29 is 9.90 Å². The summed E-state index contributed by atoms with van der Waals surface area (Å²) in [5.74, 6) is -0.159. The molecule has 0 aromatic heterocycles. The summed E-state index contributed by atoms with van der Waals surface area (Å²) in [6.07, 6.45) is 0. The second kappa shape index (κ2) is 3.54. The number of ketones is 1. The number of carbonyl (C=O) groups is 1. The molecule has 1 aliphatic rings. The number of carbonyl (C=O) groups excluding carboxylic acids is 1. The molecule has 1 aliphatic carbocycles. The Bertz CT molecular complexity index is 491. The third-order valence-electron chi connectivity index (χ3n) is 3.41. The monoisotopic (exact) mass is 230 g/mol. The lowest BCUT2D eigenvalue weighted by molar-refractivity contribution is -0.136. The molecular weight excluding hydrogens is 212 g/mol. The van der Waals surface area contributed by atoms with Crippen LogP contribution >= 0.6 is 0 Å². The topological polar surface area (TPSA) is 37.3 Å². The molecule has 1 unspecified atom stereocenters. The maximum absolute atomic E-state index is 12.2. The van der Waals surface area contributed by atoms with E-state index in [4.69, 9.17) is 0 Å². The third kappa shape index (κ3) is 1.55. The fourth-order valence-electron chi connectivity index (χ4n) is 2.57. The Morgan fingerprint density at radius 1 is 1.12 bits per heavy atom. The van der Waals surface area contributed by atoms with E-state index in [0.717, 1.165) is 11.1 Å². The van der Waals surface area contributed by atoms with Gasteiger partial charge < -0.3 is 5.11 Å². The summed E-state index contributed by atoms with van der Waals surface area (Å²) < 4.78 is 0. The SMILES string of the molecule is CC1=C(C(C)(C)C)C(=O)C1(O)c1ccccc1. The molecule has 1 aromatic carbocycles. The molecule has 2 rings (SSSR count). The number of hydrogen-bond donors (Lipinski definition) is 1. The van der Waals surface area contributed by atoms with Gasteiger partial charge in [0.25, 0.3) is 0 Å². The van der Waals surface area contributed by atoms with Gasteiger partial charge in [0.05, 0.1) is 0 Å². The molecule has 1 atom stereocenters. The van der Waals surface area contributed by atoms with E-state index in [2.05, 4.69) is 0 Å². The van der Waals surface area contributed by atoms with Gasteiger partial charge in [-0.15, -0.1) is 0 Å². The number of rotatable bonds is 1. The molecule has 0 saturated carbocycles. The van der Waals surface area contributed by atoms with Gasteiger partial charge in [0.1, 0.15) is 0 Å². The molecule has 0 bridgehead atoms. The van der Waals surface area contributed by atoms with E-state index in [1.54, 1.807) is 12.1 Å². The molecule has 0 spiro atoms. The molecule has 90 valence electrons. The van der Waals surface area contributed by atoms with Gasteiger partial charge in [-0.2, -0.15) is 0 Å². The lowest BCUT2D eigenvalue weighted by Gasteiger charge is -2.44. The molecule has 1 aromatic rings. The fraction of sp³-hybridized carbons (Fsp3) is 0.400. The zero-order chi connectivity index (χ0) is 12.8. The van der Waals surface area contributed by atoms with E-state index in [9.17, 15) is 9.90 Å². The number of aliphatic hydroxyl groups is 1. The lowest BCUT2D eigenvalue weighted by Crippen LogP contribution is -2.50. The van der Waals surface area contributed by atoms with Crippen molar-refractivity contribution in [2.75, 3.05) is 0 Å². The summed E-state index contributed by atoms with van der Waals surface area (Å²) in [5.41, 5.74) is 0.590. The summed E-state index contributed by atoms with van der Waals surface area (Å²) in [4.78, 5) is 12.2. The minimum Gasteiger partial charge on any atom is -0.373 e. The maximum Gasteiger partial charge on any atom is 0.199 e. The molecule has 17 heavy (non-hydrogen) atoms. The summed E-state index contributed by atoms with van der Waals surface area (Å²) in [7, 11) is 0. The minimum atomic E-state index is -1.40. The fourth-order valence-corrected chi connectivity index (χ4v) is 2.57. The van der Waals surface area contributed by atoms with Crippen LogP contribution in [0.1, 0.15) is 33.3 Å². The normalized spacial score (nSPS) is 24.9. The second-order valence-corrected chi connectivity index (χ2v) is 5.66. The van der Waals surface area contributed by atoms with Crippen molar-refractivity contribution >= 4 is 5.78 Å². The van der Waals surface area contributed by atoms with Gasteiger partial charge in [-0.1, -0.05) is 51.1 Å². The molecule has 1 N–H and O–H groups in total. The first-order valence-electron chi connectivity index (χ1n) is 5.84. The van der Waals surface area contributed by atoms with Crippen LogP contribution in [0.4, 0.5) is 0 Å². The van der Waals surface area contributed by atoms with Crippen LogP contribution in [0.2, 0.25) is 0 Å². The molecule has 0 radical (unpaired) electrons. The van der Waals surface area contributed by atoms with Crippen LogP contribution in [0.3, 0.4) is 0 Å². The van der Waals surface area contributed by atoms with Gasteiger partial charge >= 0.3 is 0 Å². The molecule has 0 heterocycles. The van der Waals surface area contributed by atoms with Gasteiger partial charge in [0.15, 0.2) is 11.4 Å². The maximum atomic E-state index is 12.2. The number of benzene rings is 1. The van der Waals surface area contributed by atoms with Crippen molar-refractivity contribution in [1.82, 2.24) is 0 Å². The molecule has 0 saturated heterocycles. The van der Waals surface area contributed by atoms with Crippen LogP contribution in [0, 0.1) is 5.41 Å². The van der Waals surface area contributed by atoms with Gasteiger partial charge in [-0.05, 0) is 23.5 Å². The standard InChI is InChI=1S/C15H18O2/c1-10-12(14(2,3)4)13(16)15(10,17)11-8-6-5-7-9-11/h5-9,17H,1-4H3. The van der Waals surface area contributed by atoms with Crippen LogP contribution in [0.5, 0.6) is 0 Å². The molecule has 0 aliphatic heterocycles. The summed E-state index contributed by atoms with van der Waals surface area (Å²) in [6, 6.07) is 9.13. The number of hydrogen-bond acceptors (Lipinski definition) is 2. The van der Waals surface area contributed by atoms with Crippen LogP contribution < -0.4 is 0 Å². The largest absolute Gasteiger partial charge is 0.373 e. The van der Waals surface area contributed by atoms with Crippen molar-refractivity contribution in [1.29, 1.82) is 0 Å². The van der Waals surface area contributed by atoms with Gasteiger partial charge in [0, 0.05) is 5.57 Å². The first-order chi connectivity index (χ1) is 7.79. The highest BCUT2D eigenvalue weighted by Crippen LogP contribution is 2.49. The average molecular weight is 230 g/mol. The van der Waals surface area contributed by atoms with E-state index >= 15 is 0 Å². The Labute approximate surface area is 102 Å². The zero-order valence-corrected chi connectivity index (χ0v) is 10.7. The Morgan fingerprint density at radius 2 is 1.65 bits per heavy atom. The highest BCUT2D eigenvalue weighted by atomic mass is 16.3. The summed E-state index contributed by atoms with van der Waals surface area (Å²) >= 11 is 0. The van der Waals surface area contributed by atoms with Gasteiger partial charge in [-0.3, -0.25) is 4.79 Å². The first kappa shape index (κ1) is 12.1. The number of Topliss-reactive ketones (excluding diaryl/α,β-unsaturated/α-hetero) is 1. The van der Waals surface area contributed by atoms with E-state index < -0.39 is 5.60 Å². The van der Waals surface area contributed by atoms with E-state index in [1.807, 2.05) is 45.9 Å². The van der Waals surface area contributed by atoms with Crippen LogP contribution in [-0.2, 0) is 10.4 Å². The quantitative estimate of drug-likeness (QED) is 0.805.